The Morgan fingerprint density at radius 3 is 2.57 bits per heavy atom. The summed E-state index contributed by atoms with van der Waals surface area (Å²) in [6, 6.07) is 15.9. The minimum atomic E-state index is -3.68. The number of benzene rings is 2. The van der Waals surface area contributed by atoms with Crippen molar-refractivity contribution in [3.05, 3.63) is 60.2 Å². The third-order valence-corrected chi connectivity index (χ3v) is 6.38. The van der Waals surface area contributed by atoms with E-state index < -0.39 is 16.1 Å². The Labute approximate surface area is 166 Å². The summed E-state index contributed by atoms with van der Waals surface area (Å²) in [5, 5.41) is 2.92. The zero-order valence-corrected chi connectivity index (χ0v) is 17.0. The molecule has 1 heterocycles. The van der Waals surface area contributed by atoms with Gasteiger partial charge >= 0.3 is 0 Å². The number of sulfonamides is 1. The van der Waals surface area contributed by atoms with Gasteiger partial charge in [0, 0.05) is 6.04 Å². The number of rotatable bonds is 7. The van der Waals surface area contributed by atoms with Gasteiger partial charge in [0.15, 0.2) is 6.10 Å². The molecular formula is C21H26N2O4S. The van der Waals surface area contributed by atoms with E-state index in [0.717, 1.165) is 12.8 Å². The van der Waals surface area contributed by atoms with Crippen LogP contribution in [0.15, 0.2) is 54.6 Å². The number of hydrogen-bond acceptors (Lipinski definition) is 4. The van der Waals surface area contributed by atoms with Gasteiger partial charge in [-0.05, 0) is 31.0 Å². The molecule has 1 amide bonds. The minimum absolute atomic E-state index is 0.00708. The molecule has 0 spiro atoms. The second kappa shape index (κ2) is 8.65. The molecule has 1 aliphatic rings. The first-order valence-corrected chi connectivity index (χ1v) is 11.1. The van der Waals surface area contributed by atoms with E-state index in [2.05, 4.69) is 5.32 Å². The lowest BCUT2D eigenvalue weighted by Gasteiger charge is -2.35. The Balaban J connectivity index is 1.86. The molecule has 1 aliphatic heterocycles. The minimum Gasteiger partial charge on any atom is -0.476 e. The van der Waals surface area contributed by atoms with Crippen LogP contribution in [-0.2, 0) is 20.6 Å². The molecule has 3 rings (SSSR count). The van der Waals surface area contributed by atoms with Crippen LogP contribution in [0, 0.1) is 0 Å². The number of carbonyl (C=O) groups excluding carboxylic acids is 1. The summed E-state index contributed by atoms with van der Waals surface area (Å²) >= 11 is 0. The molecule has 0 bridgehead atoms. The van der Waals surface area contributed by atoms with E-state index in [1.54, 1.807) is 36.4 Å². The highest BCUT2D eigenvalue weighted by molar-refractivity contribution is 7.92. The van der Waals surface area contributed by atoms with Gasteiger partial charge in [-0.15, -0.1) is 0 Å². The van der Waals surface area contributed by atoms with Crippen LogP contribution in [0.3, 0.4) is 0 Å². The van der Waals surface area contributed by atoms with E-state index in [9.17, 15) is 13.2 Å². The fourth-order valence-corrected chi connectivity index (χ4v) is 4.89. The molecule has 0 saturated heterocycles. The van der Waals surface area contributed by atoms with Gasteiger partial charge in [0.1, 0.15) is 5.75 Å². The van der Waals surface area contributed by atoms with E-state index >= 15 is 0 Å². The van der Waals surface area contributed by atoms with Crippen molar-refractivity contribution < 1.29 is 17.9 Å². The second-order valence-electron chi connectivity index (χ2n) is 7.05. The van der Waals surface area contributed by atoms with E-state index in [4.69, 9.17) is 4.74 Å². The molecule has 0 fully saturated rings. The van der Waals surface area contributed by atoms with Gasteiger partial charge in [-0.25, -0.2) is 8.42 Å². The summed E-state index contributed by atoms with van der Waals surface area (Å²) in [4.78, 5) is 12.7. The van der Waals surface area contributed by atoms with E-state index in [0.29, 0.717) is 17.0 Å². The molecule has 2 aromatic rings. The van der Waals surface area contributed by atoms with Crippen LogP contribution in [0.2, 0.25) is 0 Å². The van der Waals surface area contributed by atoms with Crippen molar-refractivity contribution in [2.45, 2.75) is 44.6 Å². The average Bonchev–Trinajstić information content (AvgIpc) is 2.67. The third-order valence-electron chi connectivity index (χ3n) is 4.67. The number of nitrogens with one attached hydrogen (secondary N) is 1. The monoisotopic (exact) mass is 402 g/mol. The maximum Gasteiger partial charge on any atom is 0.263 e. The van der Waals surface area contributed by atoms with Crippen molar-refractivity contribution in [1.29, 1.82) is 0 Å². The molecule has 0 aromatic heterocycles. The molecule has 7 heteroatoms. The lowest BCUT2D eigenvalue weighted by molar-refractivity contribution is -0.128. The lowest BCUT2D eigenvalue weighted by atomic mass is 10.1. The van der Waals surface area contributed by atoms with E-state index in [1.165, 1.54) is 4.31 Å². The van der Waals surface area contributed by atoms with E-state index in [-0.39, 0.29) is 24.2 Å². The largest absolute Gasteiger partial charge is 0.476 e. The van der Waals surface area contributed by atoms with Gasteiger partial charge in [0.2, 0.25) is 10.0 Å². The molecule has 6 nitrogen and oxygen atoms in total. The summed E-state index contributed by atoms with van der Waals surface area (Å²) in [6.07, 6.45) is 0.915. The van der Waals surface area contributed by atoms with Crippen molar-refractivity contribution in [1.82, 2.24) is 5.32 Å². The van der Waals surface area contributed by atoms with E-state index in [1.807, 2.05) is 32.0 Å². The molecular weight excluding hydrogens is 376 g/mol. The number of amides is 1. The highest BCUT2D eigenvalue weighted by Crippen LogP contribution is 2.35. The highest BCUT2D eigenvalue weighted by Gasteiger charge is 2.36. The summed E-state index contributed by atoms with van der Waals surface area (Å²) < 4.78 is 33.4. The summed E-state index contributed by atoms with van der Waals surface area (Å²) in [6.45, 7) is 3.94. The van der Waals surface area contributed by atoms with Crippen LogP contribution in [0.4, 0.5) is 5.69 Å². The van der Waals surface area contributed by atoms with Gasteiger partial charge < -0.3 is 10.1 Å². The molecule has 2 aromatic carbocycles. The zero-order chi connectivity index (χ0) is 20.1. The first-order chi connectivity index (χ1) is 13.4. The number of hydrogen-bond donors (Lipinski definition) is 1. The second-order valence-corrected chi connectivity index (χ2v) is 8.94. The predicted octanol–water partition coefficient (Wildman–Crippen LogP) is 3.09. The number of para-hydroxylation sites is 2. The fourth-order valence-electron chi connectivity index (χ4n) is 3.31. The quantitative estimate of drug-likeness (QED) is 0.772. The van der Waals surface area contributed by atoms with Gasteiger partial charge in [-0.2, -0.15) is 0 Å². The van der Waals surface area contributed by atoms with Crippen LogP contribution < -0.4 is 14.4 Å². The Bertz CT molecular complexity index is 915. The van der Waals surface area contributed by atoms with Gasteiger partial charge in [0.25, 0.3) is 5.91 Å². The van der Waals surface area contributed by atoms with Crippen LogP contribution >= 0.6 is 0 Å². The topological polar surface area (TPSA) is 75.7 Å². The molecule has 150 valence electrons. The number of carbonyl (C=O) groups is 1. The van der Waals surface area contributed by atoms with Crippen LogP contribution in [0.1, 0.15) is 32.3 Å². The molecule has 0 aliphatic carbocycles. The third kappa shape index (κ3) is 4.65. The van der Waals surface area contributed by atoms with Crippen molar-refractivity contribution in [3.63, 3.8) is 0 Å². The maximum absolute atomic E-state index is 13.1. The molecule has 2 atom stereocenters. The number of nitrogens with zero attached hydrogens (tertiary/aromatic N) is 1. The SMILES string of the molecule is CCC[C@H](C)NC(=O)[C@@H]1CN(S(=O)(=O)Cc2ccccc2)c2ccccc2O1. The van der Waals surface area contributed by atoms with Crippen molar-refractivity contribution >= 4 is 21.6 Å². The predicted molar refractivity (Wildman–Crippen MR) is 110 cm³/mol. The first-order valence-electron chi connectivity index (χ1n) is 9.51. The fraction of sp³-hybridized carbons (Fsp3) is 0.381. The van der Waals surface area contributed by atoms with Crippen molar-refractivity contribution in [2.24, 2.45) is 0 Å². The number of ether oxygens (including phenoxy) is 1. The first kappa shape index (κ1) is 20.2. The van der Waals surface area contributed by atoms with Gasteiger partial charge in [-0.3, -0.25) is 9.10 Å². The van der Waals surface area contributed by atoms with Crippen LogP contribution in [-0.4, -0.2) is 33.0 Å². The summed E-state index contributed by atoms with van der Waals surface area (Å²) in [5.41, 5.74) is 1.16. The molecule has 0 radical (unpaired) electrons. The molecule has 0 saturated carbocycles. The molecule has 1 N–H and O–H groups in total. The van der Waals surface area contributed by atoms with Crippen LogP contribution in [0.25, 0.3) is 0 Å². The Morgan fingerprint density at radius 2 is 1.86 bits per heavy atom. The molecule has 0 unspecified atom stereocenters. The normalized spacial score (nSPS) is 17.4. The average molecular weight is 403 g/mol. The van der Waals surface area contributed by atoms with Gasteiger partial charge in [0.05, 0.1) is 18.0 Å². The highest BCUT2D eigenvalue weighted by atomic mass is 32.2. The van der Waals surface area contributed by atoms with Crippen LogP contribution in [0.5, 0.6) is 5.75 Å². The Morgan fingerprint density at radius 1 is 1.18 bits per heavy atom. The molecule has 28 heavy (non-hydrogen) atoms. The maximum atomic E-state index is 13.1. The standard InChI is InChI=1S/C21H26N2O4S/c1-3-9-16(2)22-21(24)20-14-23(18-12-7-8-13-19(18)27-20)28(25,26)15-17-10-5-4-6-11-17/h4-8,10-13,16,20H,3,9,14-15H2,1-2H3,(H,22,24)/t16-,20-/m0/s1. The smallest absolute Gasteiger partial charge is 0.263 e. The number of fused-ring (bicyclic) bond motifs is 1. The number of anilines is 1. The van der Waals surface area contributed by atoms with Crippen molar-refractivity contribution in [3.8, 4) is 5.75 Å². The summed E-state index contributed by atoms with van der Waals surface area (Å²) in [5.74, 6) is -0.0352. The summed E-state index contributed by atoms with van der Waals surface area (Å²) in [7, 11) is -3.68. The lowest BCUT2D eigenvalue weighted by Crippen LogP contribution is -2.52. The Hall–Kier alpha value is -2.54. The van der Waals surface area contributed by atoms with Crippen molar-refractivity contribution in [2.75, 3.05) is 10.8 Å². The van der Waals surface area contributed by atoms with Gasteiger partial charge in [-0.1, -0.05) is 55.8 Å². The Kier molecular flexibility index (Phi) is 6.24. The zero-order valence-electron chi connectivity index (χ0n) is 16.2.